The van der Waals surface area contributed by atoms with Gasteiger partial charge >= 0.3 is 6.18 Å². The number of thiophene rings is 1. The average Bonchev–Trinajstić information content (AvgIpc) is 3.38. The van der Waals surface area contributed by atoms with Crippen molar-refractivity contribution in [3.63, 3.8) is 0 Å². The molecule has 1 aromatic carbocycles. The van der Waals surface area contributed by atoms with Gasteiger partial charge in [0.05, 0.1) is 5.69 Å². The molecule has 4 aromatic rings. The number of amides is 2. The summed E-state index contributed by atoms with van der Waals surface area (Å²) in [7, 11) is 0. The van der Waals surface area contributed by atoms with Crippen LogP contribution < -0.4 is 15.8 Å². The predicted octanol–water partition coefficient (Wildman–Crippen LogP) is 4.86. The van der Waals surface area contributed by atoms with E-state index in [2.05, 4.69) is 15.4 Å². The fourth-order valence-corrected chi connectivity index (χ4v) is 4.38. The first-order valence-electron chi connectivity index (χ1n) is 9.57. The van der Waals surface area contributed by atoms with Crippen LogP contribution in [0.15, 0.2) is 42.6 Å². The number of nitrogens with zero attached hydrogens (tertiary/aromatic N) is 3. The van der Waals surface area contributed by atoms with Crippen molar-refractivity contribution in [1.29, 1.82) is 0 Å². The third kappa shape index (κ3) is 4.68. The number of rotatable bonds is 6. The van der Waals surface area contributed by atoms with E-state index in [-0.39, 0.29) is 38.8 Å². The van der Waals surface area contributed by atoms with E-state index in [1.807, 2.05) is 0 Å². The molecular weight excluding hydrogens is 495 g/mol. The average molecular weight is 510 g/mol. The van der Waals surface area contributed by atoms with Crippen LogP contribution >= 0.6 is 22.9 Å². The molecule has 8 nitrogen and oxygen atoms in total. The summed E-state index contributed by atoms with van der Waals surface area (Å²) in [6, 6.07) is 8.84. The first-order valence-corrected chi connectivity index (χ1v) is 10.8. The number of alkyl halides is 3. The van der Waals surface area contributed by atoms with Crippen LogP contribution in [0.25, 0.3) is 10.2 Å². The number of anilines is 1. The van der Waals surface area contributed by atoms with Crippen LogP contribution in [0.2, 0.25) is 5.02 Å². The van der Waals surface area contributed by atoms with Crippen LogP contribution in [0.5, 0.6) is 5.75 Å². The van der Waals surface area contributed by atoms with Crippen LogP contribution in [0.4, 0.5) is 18.9 Å². The van der Waals surface area contributed by atoms with Crippen molar-refractivity contribution in [2.45, 2.75) is 19.8 Å². The van der Waals surface area contributed by atoms with Crippen molar-refractivity contribution in [2.75, 3.05) is 5.32 Å². The van der Waals surface area contributed by atoms with E-state index in [9.17, 15) is 22.8 Å². The van der Waals surface area contributed by atoms with Crippen LogP contribution in [-0.4, -0.2) is 26.6 Å². The number of halogens is 4. The second kappa shape index (κ2) is 8.95. The Morgan fingerprint density at radius 3 is 2.59 bits per heavy atom. The molecular formula is C21H15ClF3N5O3S. The number of hydrogen-bond donors (Lipinski definition) is 2. The third-order valence-corrected chi connectivity index (χ3v) is 6.08. The Morgan fingerprint density at radius 1 is 1.24 bits per heavy atom. The SMILES string of the molecule is Cc1cc(C(F)(F)F)nc2sc(C(N)=O)c(NC(=O)c3ccnn3COc3ccc(Cl)cc3)c12. The lowest BCUT2D eigenvalue weighted by molar-refractivity contribution is -0.141. The summed E-state index contributed by atoms with van der Waals surface area (Å²) in [5.41, 5.74) is 4.57. The number of benzene rings is 1. The number of nitrogens with two attached hydrogens (primary N) is 1. The van der Waals surface area contributed by atoms with Crippen LogP contribution in [0, 0.1) is 6.92 Å². The first kappa shape index (κ1) is 23.5. The lowest BCUT2D eigenvalue weighted by Gasteiger charge is -2.11. The minimum absolute atomic E-state index is 0.0115. The number of pyridine rings is 1. The van der Waals surface area contributed by atoms with Crippen LogP contribution in [-0.2, 0) is 12.9 Å². The lowest BCUT2D eigenvalue weighted by Crippen LogP contribution is -2.21. The highest BCUT2D eigenvalue weighted by Gasteiger charge is 2.34. The van der Waals surface area contributed by atoms with Gasteiger partial charge in [-0.1, -0.05) is 11.6 Å². The van der Waals surface area contributed by atoms with Crippen molar-refractivity contribution >= 4 is 50.7 Å². The fourth-order valence-electron chi connectivity index (χ4n) is 3.19. The molecule has 3 N–H and O–H groups in total. The minimum Gasteiger partial charge on any atom is -0.471 e. The van der Waals surface area contributed by atoms with Gasteiger partial charge in [-0.05, 0) is 48.9 Å². The van der Waals surface area contributed by atoms with E-state index >= 15 is 0 Å². The Morgan fingerprint density at radius 2 is 1.94 bits per heavy atom. The summed E-state index contributed by atoms with van der Waals surface area (Å²) in [4.78, 5) is 28.4. The highest BCUT2D eigenvalue weighted by molar-refractivity contribution is 7.21. The Kier molecular flexibility index (Phi) is 6.19. The molecule has 0 saturated carbocycles. The number of carbonyl (C=O) groups is 2. The monoisotopic (exact) mass is 509 g/mol. The fraction of sp³-hybridized carbons (Fsp3) is 0.143. The zero-order valence-corrected chi connectivity index (χ0v) is 18.9. The van der Waals surface area contributed by atoms with Crippen molar-refractivity contribution in [1.82, 2.24) is 14.8 Å². The van der Waals surface area contributed by atoms with Gasteiger partial charge in [0, 0.05) is 16.6 Å². The smallest absolute Gasteiger partial charge is 0.433 e. The normalized spacial score (nSPS) is 11.6. The molecule has 0 atom stereocenters. The summed E-state index contributed by atoms with van der Waals surface area (Å²) < 4.78 is 46.4. The molecule has 0 spiro atoms. The molecule has 0 aliphatic carbocycles. The molecule has 0 fully saturated rings. The third-order valence-electron chi connectivity index (χ3n) is 4.73. The summed E-state index contributed by atoms with van der Waals surface area (Å²) >= 11 is 6.52. The molecule has 0 radical (unpaired) electrons. The molecule has 3 aromatic heterocycles. The van der Waals surface area contributed by atoms with Crippen LogP contribution in [0.1, 0.15) is 31.4 Å². The molecule has 176 valence electrons. The Balaban J connectivity index is 1.65. The lowest BCUT2D eigenvalue weighted by atomic mass is 10.1. The molecule has 0 unspecified atom stereocenters. The Labute approximate surface area is 199 Å². The molecule has 13 heteroatoms. The van der Waals surface area contributed by atoms with Crippen molar-refractivity contribution < 1.29 is 27.5 Å². The van der Waals surface area contributed by atoms with Crippen molar-refractivity contribution in [3.8, 4) is 5.75 Å². The summed E-state index contributed by atoms with van der Waals surface area (Å²) in [5, 5.41) is 7.36. The minimum atomic E-state index is -4.67. The van der Waals surface area contributed by atoms with Gasteiger partial charge in [0.1, 0.15) is 26.8 Å². The number of aryl methyl sites for hydroxylation is 1. The predicted molar refractivity (Wildman–Crippen MR) is 120 cm³/mol. The zero-order valence-electron chi connectivity index (χ0n) is 17.3. The van der Waals surface area contributed by atoms with E-state index in [0.717, 1.165) is 6.07 Å². The summed E-state index contributed by atoms with van der Waals surface area (Å²) in [6.45, 7) is 1.32. The van der Waals surface area contributed by atoms with Gasteiger partial charge in [0.15, 0.2) is 6.73 Å². The maximum atomic E-state index is 13.2. The molecule has 4 rings (SSSR count). The highest BCUT2D eigenvalue weighted by Crippen LogP contribution is 2.39. The first-order chi connectivity index (χ1) is 16.0. The summed E-state index contributed by atoms with van der Waals surface area (Å²) in [6.07, 6.45) is -3.29. The van der Waals surface area contributed by atoms with Crippen molar-refractivity contribution in [2.24, 2.45) is 5.73 Å². The largest absolute Gasteiger partial charge is 0.471 e. The van der Waals surface area contributed by atoms with Crippen LogP contribution in [0.3, 0.4) is 0 Å². The molecule has 3 heterocycles. The van der Waals surface area contributed by atoms with Gasteiger partial charge in [-0.3, -0.25) is 9.59 Å². The van der Waals surface area contributed by atoms with Gasteiger partial charge in [0.25, 0.3) is 11.8 Å². The Hall–Kier alpha value is -3.64. The number of primary amides is 1. The number of nitrogens with one attached hydrogen (secondary N) is 1. The van der Waals surface area contributed by atoms with Gasteiger partial charge in [0.2, 0.25) is 0 Å². The van der Waals surface area contributed by atoms with E-state index in [0.29, 0.717) is 22.1 Å². The van der Waals surface area contributed by atoms with Gasteiger partial charge in [-0.25, -0.2) is 9.67 Å². The maximum absolute atomic E-state index is 13.2. The molecule has 0 aliphatic heterocycles. The number of hydrogen-bond acceptors (Lipinski definition) is 6. The number of ether oxygens (including phenoxy) is 1. The topological polar surface area (TPSA) is 112 Å². The molecule has 0 aliphatic rings. The van der Waals surface area contributed by atoms with E-state index in [4.69, 9.17) is 22.1 Å². The van der Waals surface area contributed by atoms with E-state index in [1.54, 1.807) is 24.3 Å². The van der Waals surface area contributed by atoms with E-state index < -0.39 is 23.7 Å². The van der Waals surface area contributed by atoms with Gasteiger partial charge in [-0.15, -0.1) is 11.3 Å². The molecule has 0 bridgehead atoms. The molecule has 2 amide bonds. The molecule has 34 heavy (non-hydrogen) atoms. The second-order valence-electron chi connectivity index (χ2n) is 7.07. The zero-order chi connectivity index (χ0) is 24.6. The quantitative estimate of drug-likeness (QED) is 0.385. The summed E-state index contributed by atoms with van der Waals surface area (Å²) in [5.74, 6) is -1.09. The van der Waals surface area contributed by atoms with Gasteiger partial charge in [-0.2, -0.15) is 18.3 Å². The Bertz CT molecular complexity index is 1400. The van der Waals surface area contributed by atoms with E-state index in [1.165, 1.54) is 23.9 Å². The number of aromatic nitrogens is 3. The number of fused-ring (bicyclic) bond motifs is 1. The molecule has 0 saturated heterocycles. The van der Waals surface area contributed by atoms with Crippen molar-refractivity contribution in [3.05, 3.63) is 69.4 Å². The second-order valence-corrected chi connectivity index (χ2v) is 8.51. The maximum Gasteiger partial charge on any atom is 0.433 e. The standard InChI is InChI=1S/C21H15ClF3N5O3S/c1-10-8-14(21(23,24)25)28-20-15(10)16(17(34-20)18(26)31)29-19(32)13-6-7-27-30(13)9-33-12-4-2-11(22)3-5-12/h2-8H,9H2,1H3,(H2,26,31)(H,29,32). The highest BCUT2D eigenvalue weighted by atomic mass is 35.5. The van der Waals surface area contributed by atoms with Gasteiger partial charge < -0.3 is 15.8 Å². The number of carbonyl (C=O) groups excluding carboxylic acids is 2.